The number of carbonyl (C=O) groups is 1. The molecule has 4 nitrogen and oxygen atoms in total. The molecule has 0 bridgehead atoms. The van der Waals surface area contributed by atoms with Gasteiger partial charge in [0.2, 0.25) is 0 Å². The van der Waals surface area contributed by atoms with E-state index in [1.807, 2.05) is 0 Å². The van der Waals surface area contributed by atoms with E-state index in [-0.39, 0.29) is 5.56 Å². The molecule has 1 heterocycles. The molecule has 0 fully saturated rings. The number of methoxy groups -OCH3 is 1. The normalized spacial score (nSPS) is 10.5. The van der Waals surface area contributed by atoms with Crippen LogP contribution < -0.4 is 4.74 Å². The Morgan fingerprint density at radius 2 is 2.27 bits per heavy atom. The molecule has 0 atom stereocenters. The van der Waals surface area contributed by atoms with Gasteiger partial charge in [-0.15, -0.1) is 0 Å². The van der Waals surface area contributed by atoms with Crippen molar-refractivity contribution in [1.82, 2.24) is 0 Å². The van der Waals surface area contributed by atoms with Gasteiger partial charge < -0.3 is 14.3 Å². The summed E-state index contributed by atoms with van der Waals surface area (Å²) in [7, 11) is 1.53. The molecule has 1 aromatic carbocycles. The minimum atomic E-state index is -1.01. The van der Waals surface area contributed by atoms with Crippen molar-refractivity contribution in [3.8, 4) is 5.75 Å². The lowest BCUT2D eigenvalue weighted by atomic mass is 10.2. The molecule has 2 rings (SSSR count). The molecule has 5 heteroatoms. The van der Waals surface area contributed by atoms with E-state index in [1.165, 1.54) is 13.4 Å². The maximum Gasteiger partial charge on any atom is 0.339 e. The highest BCUT2D eigenvalue weighted by Crippen LogP contribution is 2.32. The average molecular weight is 271 g/mol. The third-order valence-electron chi connectivity index (χ3n) is 2.08. The number of hydrogen-bond donors (Lipinski definition) is 1. The lowest BCUT2D eigenvalue weighted by Crippen LogP contribution is -1.93. The number of furan rings is 1. The lowest BCUT2D eigenvalue weighted by Gasteiger charge is -2.02. The summed E-state index contributed by atoms with van der Waals surface area (Å²) in [6.07, 6.45) is 1.22. The third-order valence-corrected chi connectivity index (χ3v) is 2.70. The summed E-state index contributed by atoms with van der Waals surface area (Å²) in [5.74, 6) is -0.403. The Labute approximate surface area is 93.6 Å². The molecule has 0 amide bonds. The number of carboxylic acid groups (broad SMARTS) is 1. The molecule has 0 aliphatic rings. The number of carboxylic acids is 1. The van der Waals surface area contributed by atoms with Crippen LogP contribution >= 0.6 is 15.9 Å². The van der Waals surface area contributed by atoms with Crippen molar-refractivity contribution >= 4 is 32.9 Å². The first-order valence-corrected chi connectivity index (χ1v) is 4.91. The summed E-state index contributed by atoms with van der Waals surface area (Å²) in [5, 5.41) is 9.43. The van der Waals surface area contributed by atoms with Crippen molar-refractivity contribution < 1.29 is 19.1 Å². The molecule has 0 saturated heterocycles. The first-order valence-electron chi connectivity index (χ1n) is 4.11. The highest BCUT2D eigenvalue weighted by atomic mass is 79.9. The van der Waals surface area contributed by atoms with E-state index in [2.05, 4.69) is 15.9 Å². The van der Waals surface area contributed by atoms with E-state index in [1.54, 1.807) is 12.1 Å². The molecule has 15 heavy (non-hydrogen) atoms. The second-order valence-corrected chi connectivity index (χ2v) is 3.79. The lowest BCUT2D eigenvalue weighted by molar-refractivity contribution is 0.0698. The third kappa shape index (κ3) is 1.59. The molecule has 1 N–H and O–H groups in total. The van der Waals surface area contributed by atoms with Crippen LogP contribution in [-0.2, 0) is 0 Å². The van der Waals surface area contributed by atoms with Gasteiger partial charge in [-0.1, -0.05) is 0 Å². The average Bonchev–Trinajstić information content (AvgIpc) is 2.59. The van der Waals surface area contributed by atoms with E-state index in [0.717, 1.165) is 0 Å². The van der Waals surface area contributed by atoms with Gasteiger partial charge in [-0.25, -0.2) is 4.79 Å². The summed E-state index contributed by atoms with van der Waals surface area (Å²) in [6, 6.07) is 3.31. The van der Waals surface area contributed by atoms with Crippen LogP contribution in [0.3, 0.4) is 0 Å². The van der Waals surface area contributed by atoms with Crippen LogP contribution in [0.4, 0.5) is 0 Å². The van der Waals surface area contributed by atoms with Gasteiger partial charge in [-0.2, -0.15) is 0 Å². The van der Waals surface area contributed by atoms with Crippen molar-refractivity contribution in [2.75, 3.05) is 7.11 Å². The zero-order chi connectivity index (χ0) is 11.0. The fourth-order valence-corrected chi connectivity index (χ4v) is 1.86. The number of halogens is 1. The highest BCUT2D eigenvalue weighted by molar-refractivity contribution is 9.10. The molecule has 0 aliphatic carbocycles. The fraction of sp³-hybridized carbons (Fsp3) is 0.100. The quantitative estimate of drug-likeness (QED) is 0.912. The van der Waals surface area contributed by atoms with Crippen LogP contribution in [0.5, 0.6) is 5.75 Å². The molecule has 0 unspecified atom stereocenters. The van der Waals surface area contributed by atoms with Crippen molar-refractivity contribution in [1.29, 1.82) is 0 Å². The Morgan fingerprint density at radius 1 is 1.53 bits per heavy atom. The van der Waals surface area contributed by atoms with Crippen molar-refractivity contribution in [3.63, 3.8) is 0 Å². The van der Waals surface area contributed by atoms with Crippen molar-refractivity contribution in [3.05, 3.63) is 28.4 Å². The number of benzene rings is 1. The molecule has 0 saturated carbocycles. The molecular formula is C10H7BrO4. The zero-order valence-corrected chi connectivity index (χ0v) is 9.37. The van der Waals surface area contributed by atoms with Gasteiger partial charge in [0.05, 0.1) is 11.6 Å². The predicted octanol–water partition coefficient (Wildman–Crippen LogP) is 2.90. The molecule has 0 spiro atoms. The van der Waals surface area contributed by atoms with Gasteiger partial charge in [-0.05, 0) is 22.0 Å². The molecule has 2 aromatic rings. The first kappa shape index (κ1) is 10.0. The maximum absolute atomic E-state index is 10.8. The number of hydrogen-bond acceptors (Lipinski definition) is 3. The minimum absolute atomic E-state index is 0.147. The van der Waals surface area contributed by atoms with E-state index < -0.39 is 5.97 Å². The predicted molar refractivity (Wildman–Crippen MR) is 57.4 cm³/mol. The standard InChI is InChI=1S/C10H7BrO4/c1-14-9-3-8-5(2-7(9)11)6(4-15-8)10(12)13/h2-4H,1H3,(H,12,13). The Balaban J connectivity index is 2.73. The Morgan fingerprint density at radius 3 is 2.87 bits per heavy atom. The number of ether oxygens (including phenoxy) is 1. The zero-order valence-electron chi connectivity index (χ0n) is 7.78. The number of rotatable bonds is 2. The second-order valence-electron chi connectivity index (χ2n) is 2.94. The fourth-order valence-electron chi connectivity index (χ4n) is 1.35. The van der Waals surface area contributed by atoms with Gasteiger partial charge in [-0.3, -0.25) is 0 Å². The van der Waals surface area contributed by atoms with Crippen LogP contribution in [0.1, 0.15) is 10.4 Å². The smallest absolute Gasteiger partial charge is 0.339 e. The van der Waals surface area contributed by atoms with Gasteiger partial charge in [0.25, 0.3) is 0 Å². The first-order chi connectivity index (χ1) is 7.13. The van der Waals surface area contributed by atoms with Crippen LogP contribution in [0.15, 0.2) is 27.3 Å². The van der Waals surface area contributed by atoms with Gasteiger partial charge in [0.15, 0.2) is 0 Å². The van der Waals surface area contributed by atoms with Gasteiger partial charge >= 0.3 is 5.97 Å². The van der Waals surface area contributed by atoms with Crippen LogP contribution in [0, 0.1) is 0 Å². The maximum atomic E-state index is 10.8. The SMILES string of the molecule is COc1cc2occ(C(=O)O)c2cc1Br. The molecular weight excluding hydrogens is 264 g/mol. The Hall–Kier alpha value is -1.49. The summed E-state index contributed by atoms with van der Waals surface area (Å²) in [5.41, 5.74) is 0.640. The largest absolute Gasteiger partial charge is 0.495 e. The number of fused-ring (bicyclic) bond motifs is 1. The Kier molecular flexibility index (Phi) is 2.40. The van der Waals surface area contributed by atoms with Gasteiger partial charge in [0, 0.05) is 11.5 Å². The van der Waals surface area contributed by atoms with E-state index in [0.29, 0.717) is 21.2 Å². The summed E-state index contributed by atoms with van der Waals surface area (Å²) in [6.45, 7) is 0. The van der Waals surface area contributed by atoms with E-state index in [4.69, 9.17) is 14.3 Å². The Bertz CT molecular complexity index is 529. The molecule has 78 valence electrons. The molecule has 0 radical (unpaired) electrons. The van der Waals surface area contributed by atoms with Crippen molar-refractivity contribution in [2.45, 2.75) is 0 Å². The molecule has 0 aliphatic heterocycles. The summed E-state index contributed by atoms with van der Waals surface area (Å²) >= 11 is 3.29. The van der Waals surface area contributed by atoms with Crippen LogP contribution in [0.25, 0.3) is 11.0 Å². The van der Waals surface area contributed by atoms with Crippen molar-refractivity contribution in [2.24, 2.45) is 0 Å². The molecule has 1 aromatic heterocycles. The van der Waals surface area contributed by atoms with E-state index in [9.17, 15) is 4.79 Å². The summed E-state index contributed by atoms with van der Waals surface area (Å²) < 4.78 is 10.9. The van der Waals surface area contributed by atoms with E-state index >= 15 is 0 Å². The topological polar surface area (TPSA) is 59.7 Å². The summed E-state index contributed by atoms with van der Waals surface area (Å²) in [4.78, 5) is 10.8. The number of aromatic carboxylic acids is 1. The van der Waals surface area contributed by atoms with Gasteiger partial charge in [0.1, 0.15) is 23.2 Å². The second kappa shape index (κ2) is 3.58. The van der Waals surface area contributed by atoms with Crippen LogP contribution in [0.2, 0.25) is 0 Å². The minimum Gasteiger partial charge on any atom is -0.495 e. The monoisotopic (exact) mass is 270 g/mol. The highest BCUT2D eigenvalue weighted by Gasteiger charge is 2.14. The van der Waals surface area contributed by atoms with Crippen LogP contribution in [-0.4, -0.2) is 18.2 Å².